The lowest BCUT2D eigenvalue weighted by molar-refractivity contribution is -0.176. The first-order valence-corrected chi connectivity index (χ1v) is 11.5. The number of hydrogen-bond donors (Lipinski definition) is 0. The van der Waals surface area contributed by atoms with Gasteiger partial charge in [0, 0.05) is 0 Å². The van der Waals surface area contributed by atoms with Crippen LogP contribution in [-0.2, 0) is 43.6 Å². The predicted octanol–water partition coefficient (Wildman–Crippen LogP) is 4.90. The minimum Gasteiger partial charge on any atom is -0.368 e. The van der Waals surface area contributed by atoms with Gasteiger partial charge in [0.1, 0.15) is 37.3 Å². The average Bonchev–Trinajstić information content (AvgIpc) is 2.90. The molecule has 0 aliphatic heterocycles. The summed E-state index contributed by atoms with van der Waals surface area (Å²) >= 11 is 0. The highest BCUT2D eigenvalue weighted by Crippen LogP contribution is 2.27. The van der Waals surface area contributed by atoms with E-state index >= 15 is 0 Å². The molecule has 1 aliphatic carbocycles. The molecule has 0 saturated carbocycles. The monoisotopic (exact) mass is 458 g/mol. The van der Waals surface area contributed by atoms with Gasteiger partial charge >= 0.3 is 0 Å². The van der Waals surface area contributed by atoms with E-state index in [1.807, 2.05) is 103 Å². The highest BCUT2D eigenvalue weighted by molar-refractivity contribution is 5.50. The van der Waals surface area contributed by atoms with E-state index in [0.717, 1.165) is 23.0 Å². The summed E-state index contributed by atoms with van der Waals surface area (Å²) in [6, 6.07) is 30.0. The van der Waals surface area contributed by atoms with E-state index in [1.54, 1.807) is 0 Å². The number of rotatable bonds is 12. The minimum absolute atomic E-state index is 0.0127. The Morgan fingerprint density at radius 3 is 1.32 bits per heavy atom. The Morgan fingerprint density at radius 1 is 0.529 bits per heavy atom. The third kappa shape index (κ3) is 6.95. The fourth-order valence-corrected chi connectivity index (χ4v) is 3.94. The Bertz CT molecular complexity index is 1010. The topological polar surface area (TPSA) is 54.0 Å². The number of hydrogen-bond acceptors (Lipinski definition) is 5. The van der Waals surface area contributed by atoms with Gasteiger partial charge in [-0.3, -0.25) is 0 Å². The van der Waals surface area contributed by atoms with Crippen LogP contribution in [0.25, 0.3) is 0 Å². The van der Waals surface area contributed by atoms with Crippen molar-refractivity contribution in [1.82, 2.24) is 0 Å². The maximum absolute atomic E-state index is 11.0. The largest absolute Gasteiger partial charge is 0.368 e. The summed E-state index contributed by atoms with van der Waals surface area (Å²) in [6.45, 7) is 1.25. The van der Waals surface area contributed by atoms with Crippen LogP contribution in [0.3, 0.4) is 0 Å². The molecule has 3 aromatic carbocycles. The molecule has 0 amide bonds. The third-order valence-corrected chi connectivity index (χ3v) is 5.67. The zero-order chi connectivity index (χ0) is 23.4. The van der Waals surface area contributed by atoms with Gasteiger partial charge in [-0.2, -0.15) is 0 Å². The van der Waals surface area contributed by atoms with Crippen molar-refractivity contribution in [3.63, 3.8) is 0 Å². The van der Waals surface area contributed by atoms with E-state index in [9.17, 15) is 4.79 Å². The maximum Gasteiger partial charge on any atom is 0.145 e. The normalized spacial score (nSPS) is 21.9. The van der Waals surface area contributed by atoms with Crippen molar-refractivity contribution < 1.29 is 23.7 Å². The van der Waals surface area contributed by atoms with Crippen molar-refractivity contribution in [3.05, 3.63) is 120 Å². The third-order valence-electron chi connectivity index (χ3n) is 5.67. The molecule has 0 N–H and O–H groups in total. The van der Waals surface area contributed by atoms with Gasteiger partial charge in [0.25, 0.3) is 0 Å². The first-order chi connectivity index (χ1) is 16.8. The van der Waals surface area contributed by atoms with Crippen molar-refractivity contribution in [3.8, 4) is 0 Å². The van der Waals surface area contributed by atoms with Crippen LogP contribution < -0.4 is 0 Å². The van der Waals surface area contributed by atoms with Gasteiger partial charge in [-0.05, 0) is 16.7 Å². The van der Waals surface area contributed by atoms with E-state index in [1.165, 1.54) is 0 Å². The number of carbonyl (C=O) groups excluding carboxylic acids is 1. The molecule has 5 nitrogen and oxygen atoms in total. The lowest BCUT2D eigenvalue weighted by atomic mass is 9.95. The van der Waals surface area contributed by atoms with E-state index in [0.29, 0.717) is 19.8 Å². The molecule has 0 bridgehead atoms. The van der Waals surface area contributed by atoms with Gasteiger partial charge in [0.2, 0.25) is 0 Å². The number of ether oxygens (including phenoxy) is 4. The van der Waals surface area contributed by atoms with Crippen molar-refractivity contribution in [2.45, 2.75) is 44.2 Å². The Kier molecular flexibility index (Phi) is 9.17. The molecule has 1 aliphatic rings. The van der Waals surface area contributed by atoms with Crippen molar-refractivity contribution in [1.29, 1.82) is 0 Å². The molecule has 176 valence electrons. The molecular formula is C29H30O5. The van der Waals surface area contributed by atoms with Crippen molar-refractivity contribution in [2.75, 3.05) is 6.61 Å². The Balaban J connectivity index is 1.53. The highest BCUT2D eigenvalue weighted by Gasteiger charge is 2.39. The standard InChI is InChI=1S/C29H30O5/c30-18-19-31-26-16-17-27(32-20-23-10-4-1-5-11-23)29(34-22-25-14-8-3-9-15-25)28(26)33-21-24-12-6-2-7-13-24/h1-18,26-29H,19-22H2/t26-,27-,28+,29+/m0/s1. The van der Waals surface area contributed by atoms with Crippen LogP contribution in [0.2, 0.25) is 0 Å². The molecule has 0 heterocycles. The van der Waals surface area contributed by atoms with Gasteiger partial charge in [-0.1, -0.05) is 103 Å². The van der Waals surface area contributed by atoms with Crippen molar-refractivity contribution in [2.24, 2.45) is 0 Å². The van der Waals surface area contributed by atoms with Crippen LogP contribution in [0.5, 0.6) is 0 Å². The smallest absolute Gasteiger partial charge is 0.145 e. The zero-order valence-corrected chi connectivity index (χ0v) is 19.1. The molecule has 34 heavy (non-hydrogen) atoms. The van der Waals surface area contributed by atoms with E-state index in [4.69, 9.17) is 18.9 Å². The predicted molar refractivity (Wildman–Crippen MR) is 130 cm³/mol. The summed E-state index contributed by atoms with van der Waals surface area (Å²) in [5, 5.41) is 0. The number of aldehydes is 1. The quantitative estimate of drug-likeness (QED) is 0.286. The second-order valence-electron chi connectivity index (χ2n) is 8.13. The molecule has 3 aromatic rings. The molecule has 0 radical (unpaired) electrons. The van der Waals surface area contributed by atoms with Crippen LogP contribution in [0.4, 0.5) is 0 Å². The van der Waals surface area contributed by atoms with Crippen LogP contribution in [-0.4, -0.2) is 37.3 Å². The summed E-state index contributed by atoms with van der Waals surface area (Å²) < 4.78 is 24.9. The second kappa shape index (κ2) is 13.0. The van der Waals surface area contributed by atoms with E-state index in [2.05, 4.69) is 0 Å². The fraction of sp³-hybridized carbons (Fsp3) is 0.276. The van der Waals surface area contributed by atoms with Gasteiger partial charge < -0.3 is 23.7 Å². The molecule has 4 rings (SSSR count). The molecule has 0 spiro atoms. The first kappa shape index (κ1) is 24.0. The van der Waals surface area contributed by atoms with Crippen LogP contribution in [0, 0.1) is 0 Å². The minimum atomic E-state index is -0.449. The summed E-state index contributed by atoms with van der Waals surface area (Å²) in [4.78, 5) is 11.0. The number of benzene rings is 3. The van der Waals surface area contributed by atoms with Gasteiger partial charge in [-0.15, -0.1) is 0 Å². The fourth-order valence-electron chi connectivity index (χ4n) is 3.94. The summed E-state index contributed by atoms with van der Waals surface area (Å²) in [7, 11) is 0. The van der Waals surface area contributed by atoms with Gasteiger partial charge in [0.05, 0.1) is 19.8 Å². The molecule has 0 fully saturated rings. The van der Waals surface area contributed by atoms with Crippen LogP contribution >= 0.6 is 0 Å². The summed E-state index contributed by atoms with van der Waals surface area (Å²) in [5.74, 6) is 0. The van der Waals surface area contributed by atoms with Crippen molar-refractivity contribution >= 4 is 6.29 Å². The van der Waals surface area contributed by atoms with Crippen LogP contribution in [0.1, 0.15) is 16.7 Å². The highest BCUT2D eigenvalue weighted by atomic mass is 16.6. The zero-order valence-electron chi connectivity index (χ0n) is 19.1. The van der Waals surface area contributed by atoms with E-state index < -0.39 is 18.3 Å². The summed E-state index contributed by atoms with van der Waals surface area (Å²) in [6.07, 6.45) is 2.99. The molecular weight excluding hydrogens is 428 g/mol. The average molecular weight is 459 g/mol. The second-order valence-corrected chi connectivity index (χ2v) is 8.13. The SMILES string of the molecule is O=CCO[C@H]1C=C[C@H](OCc2ccccc2)[C@@H](OCc2ccccc2)[C@@H]1OCc1ccccc1. The number of carbonyl (C=O) groups is 1. The van der Waals surface area contributed by atoms with Gasteiger partial charge in [0.15, 0.2) is 0 Å². The van der Waals surface area contributed by atoms with E-state index in [-0.39, 0.29) is 12.7 Å². The lowest BCUT2D eigenvalue weighted by Gasteiger charge is -2.38. The molecule has 4 atom stereocenters. The summed E-state index contributed by atoms with van der Waals surface area (Å²) in [5.41, 5.74) is 3.19. The molecule has 0 unspecified atom stereocenters. The Labute approximate surface area is 200 Å². The Hall–Kier alpha value is -3.09. The molecule has 5 heteroatoms. The Morgan fingerprint density at radius 2 is 0.912 bits per heavy atom. The molecule has 0 saturated heterocycles. The first-order valence-electron chi connectivity index (χ1n) is 11.5. The maximum atomic E-state index is 11.0. The van der Waals surface area contributed by atoms with Gasteiger partial charge in [-0.25, -0.2) is 0 Å². The van der Waals surface area contributed by atoms with Crippen LogP contribution in [0.15, 0.2) is 103 Å². The lowest BCUT2D eigenvalue weighted by Crippen LogP contribution is -2.51. The molecule has 0 aromatic heterocycles.